The quantitative estimate of drug-likeness (QED) is 0.705. The van der Waals surface area contributed by atoms with Crippen molar-refractivity contribution in [1.82, 2.24) is 0 Å². The Labute approximate surface area is 135 Å². The number of fused-ring (bicyclic) bond motifs is 1. The van der Waals surface area contributed by atoms with Gasteiger partial charge >= 0.3 is 0 Å². The SMILES string of the molecule is Fc1cccc(Br)c1NC1CCSc2ccc(Cl)cc21. The van der Waals surface area contributed by atoms with E-state index in [-0.39, 0.29) is 11.9 Å². The molecule has 1 atom stereocenters. The van der Waals surface area contributed by atoms with Crippen LogP contribution in [0.15, 0.2) is 45.8 Å². The van der Waals surface area contributed by atoms with Gasteiger partial charge in [0.15, 0.2) is 0 Å². The number of anilines is 1. The van der Waals surface area contributed by atoms with Gasteiger partial charge in [0.05, 0.1) is 11.7 Å². The third kappa shape index (κ3) is 2.83. The average molecular weight is 373 g/mol. The number of rotatable bonds is 2. The molecular weight excluding hydrogens is 361 g/mol. The van der Waals surface area contributed by atoms with Crippen LogP contribution in [0.25, 0.3) is 0 Å². The van der Waals surface area contributed by atoms with Gasteiger partial charge < -0.3 is 5.32 Å². The summed E-state index contributed by atoms with van der Waals surface area (Å²) in [5.74, 6) is 0.763. The van der Waals surface area contributed by atoms with E-state index in [1.807, 2.05) is 36.0 Å². The van der Waals surface area contributed by atoms with Gasteiger partial charge in [-0.15, -0.1) is 11.8 Å². The summed E-state index contributed by atoms with van der Waals surface area (Å²) >= 11 is 11.3. The molecule has 1 heterocycles. The van der Waals surface area contributed by atoms with Crippen molar-refractivity contribution in [2.24, 2.45) is 0 Å². The summed E-state index contributed by atoms with van der Waals surface area (Å²) in [6, 6.07) is 11.0. The van der Waals surface area contributed by atoms with E-state index in [1.54, 1.807) is 6.07 Å². The minimum atomic E-state index is -0.249. The van der Waals surface area contributed by atoms with Gasteiger partial charge in [0.1, 0.15) is 5.82 Å². The Morgan fingerprint density at radius 2 is 2.15 bits per heavy atom. The van der Waals surface area contributed by atoms with Gasteiger partial charge in [0.25, 0.3) is 0 Å². The second-order valence-electron chi connectivity index (χ2n) is 4.61. The molecule has 2 aromatic rings. The Kier molecular flexibility index (Phi) is 4.24. The predicted octanol–water partition coefficient (Wildman–Crippen LogP) is 5.89. The lowest BCUT2D eigenvalue weighted by Crippen LogP contribution is -2.17. The van der Waals surface area contributed by atoms with E-state index in [1.165, 1.54) is 11.0 Å². The minimum absolute atomic E-state index is 0.0816. The lowest BCUT2D eigenvalue weighted by Gasteiger charge is -2.27. The number of para-hydroxylation sites is 1. The van der Waals surface area contributed by atoms with E-state index in [0.717, 1.165) is 22.2 Å². The van der Waals surface area contributed by atoms with Crippen molar-refractivity contribution in [3.8, 4) is 0 Å². The number of hydrogen-bond acceptors (Lipinski definition) is 2. The summed E-state index contributed by atoms with van der Waals surface area (Å²) in [7, 11) is 0. The van der Waals surface area contributed by atoms with Crippen molar-refractivity contribution < 1.29 is 4.39 Å². The molecule has 0 aliphatic carbocycles. The molecule has 0 saturated heterocycles. The number of nitrogens with one attached hydrogen (secondary N) is 1. The summed E-state index contributed by atoms with van der Waals surface area (Å²) in [6.07, 6.45) is 0.943. The lowest BCUT2D eigenvalue weighted by molar-refractivity contribution is 0.621. The summed E-state index contributed by atoms with van der Waals surface area (Å²) in [4.78, 5) is 1.21. The van der Waals surface area contributed by atoms with Gasteiger partial charge in [-0.25, -0.2) is 4.39 Å². The van der Waals surface area contributed by atoms with E-state index < -0.39 is 0 Å². The maximum absolute atomic E-state index is 13.9. The Morgan fingerprint density at radius 3 is 2.95 bits per heavy atom. The fourth-order valence-electron chi connectivity index (χ4n) is 2.33. The fourth-order valence-corrected chi connectivity index (χ4v) is 4.07. The first kappa shape index (κ1) is 14.2. The molecule has 3 rings (SSSR count). The van der Waals surface area contributed by atoms with Crippen LogP contribution in [0.2, 0.25) is 5.02 Å². The van der Waals surface area contributed by atoms with Crippen molar-refractivity contribution in [2.45, 2.75) is 17.4 Å². The molecule has 0 radical (unpaired) electrons. The predicted molar refractivity (Wildman–Crippen MR) is 87.3 cm³/mol. The van der Waals surface area contributed by atoms with Gasteiger partial charge in [-0.05, 0) is 58.2 Å². The molecule has 1 nitrogen and oxygen atoms in total. The Morgan fingerprint density at radius 1 is 1.30 bits per heavy atom. The molecule has 0 saturated carbocycles. The molecule has 1 aliphatic rings. The molecule has 0 fully saturated rings. The lowest BCUT2D eigenvalue weighted by atomic mass is 10.0. The highest BCUT2D eigenvalue weighted by molar-refractivity contribution is 9.10. The van der Waals surface area contributed by atoms with Crippen molar-refractivity contribution in [1.29, 1.82) is 0 Å². The van der Waals surface area contributed by atoms with Crippen LogP contribution in [0.4, 0.5) is 10.1 Å². The van der Waals surface area contributed by atoms with Crippen LogP contribution < -0.4 is 5.32 Å². The fraction of sp³-hybridized carbons (Fsp3) is 0.200. The molecule has 0 amide bonds. The average Bonchev–Trinajstić information content (AvgIpc) is 2.43. The maximum atomic E-state index is 13.9. The second kappa shape index (κ2) is 5.96. The molecule has 2 aromatic carbocycles. The third-order valence-corrected chi connectivity index (χ3v) is 5.31. The number of hydrogen-bond donors (Lipinski definition) is 1. The number of thioether (sulfide) groups is 1. The van der Waals surface area contributed by atoms with Gasteiger partial charge in [0.2, 0.25) is 0 Å². The van der Waals surface area contributed by atoms with Gasteiger partial charge in [0, 0.05) is 20.1 Å². The van der Waals surface area contributed by atoms with Crippen LogP contribution in [0.5, 0.6) is 0 Å². The summed E-state index contributed by atoms with van der Waals surface area (Å²) in [5.41, 5.74) is 1.65. The van der Waals surface area contributed by atoms with Crippen LogP contribution >= 0.6 is 39.3 Å². The van der Waals surface area contributed by atoms with E-state index in [2.05, 4.69) is 21.2 Å². The van der Waals surface area contributed by atoms with Crippen LogP contribution in [-0.2, 0) is 0 Å². The minimum Gasteiger partial charge on any atom is -0.375 e. The normalized spacial score (nSPS) is 17.6. The highest BCUT2D eigenvalue weighted by Gasteiger charge is 2.22. The Balaban J connectivity index is 1.95. The molecule has 5 heteroatoms. The van der Waals surface area contributed by atoms with Gasteiger partial charge in [-0.1, -0.05) is 17.7 Å². The zero-order valence-corrected chi connectivity index (χ0v) is 13.7. The standard InChI is InChI=1S/C15H12BrClFNS/c16-11-2-1-3-12(18)15(11)19-13-6-7-20-14-5-4-9(17)8-10(13)14/h1-5,8,13,19H,6-7H2. The molecule has 1 aliphatic heterocycles. The molecular formula is C15H12BrClFNS. The molecule has 1 N–H and O–H groups in total. The monoisotopic (exact) mass is 371 g/mol. The van der Waals surface area contributed by atoms with Crippen molar-refractivity contribution in [3.05, 3.63) is 57.3 Å². The summed E-state index contributed by atoms with van der Waals surface area (Å²) in [5, 5.41) is 4.02. The van der Waals surface area contributed by atoms with E-state index in [0.29, 0.717) is 10.7 Å². The van der Waals surface area contributed by atoms with Crippen molar-refractivity contribution in [2.75, 3.05) is 11.1 Å². The Hall–Kier alpha value is -0.710. The van der Waals surface area contributed by atoms with Crippen LogP contribution in [0.3, 0.4) is 0 Å². The first-order valence-corrected chi connectivity index (χ1v) is 8.43. The highest BCUT2D eigenvalue weighted by Crippen LogP contribution is 2.40. The molecule has 0 aromatic heterocycles. The van der Waals surface area contributed by atoms with E-state index in [4.69, 9.17) is 11.6 Å². The zero-order valence-electron chi connectivity index (χ0n) is 10.5. The Bertz CT molecular complexity index is 630. The largest absolute Gasteiger partial charge is 0.375 e. The van der Waals surface area contributed by atoms with Gasteiger partial charge in [-0.3, -0.25) is 0 Å². The first-order chi connectivity index (χ1) is 9.65. The molecule has 20 heavy (non-hydrogen) atoms. The van der Waals surface area contributed by atoms with Crippen molar-refractivity contribution in [3.63, 3.8) is 0 Å². The third-order valence-electron chi connectivity index (χ3n) is 3.29. The molecule has 1 unspecified atom stereocenters. The summed E-state index contributed by atoms with van der Waals surface area (Å²) < 4.78 is 14.7. The van der Waals surface area contributed by atoms with Crippen LogP contribution in [-0.4, -0.2) is 5.75 Å². The zero-order chi connectivity index (χ0) is 14.1. The van der Waals surface area contributed by atoms with E-state index in [9.17, 15) is 4.39 Å². The first-order valence-electron chi connectivity index (χ1n) is 6.28. The van der Waals surface area contributed by atoms with Gasteiger partial charge in [-0.2, -0.15) is 0 Å². The molecule has 104 valence electrons. The number of benzene rings is 2. The topological polar surface area (TPSA) is 12.0 Å². The highest BCUT2D eigenvalue weighted by atomic mass is 79.9. The summed E-state index contributed by atoms with van der Waals surface area (Å²) in [6.45, 7) is 0. The molecule has 0 bridgehead atoms. The van der Waals surface area contributed by atoms with Crippen molar-refractivity contribution >= 4 is 45.0 Å². The maximum Gasteiger partial charge on any atom is 0.147 e. The van der Waals surface area contributed by atoms with Crippen LogP contribution in [0.1, 0.15) is 18.0 Å². The second-order valence-corrected chi connectivity index (χ2v) is 7.04. The number of halogens is 3. The van der Waals surface area contributed by atoms with Crippen LogP contribution in [0, 0.1) is 5.82 Å². The molecule has 0 spiro atoms. The van der Waals surface area contributed by atoms with E-state index >= 15 is 0 Å². The smallest absolute Gasteiger partial charge is 0.147 e.